The Morgan fingerprint density at radius 3 is 1.74 bits per heavy atom. The standard InChI is InChI=1S/C18H37N/c1-4-6-8-9-10-11-12-13-14-16-18-19(3)17-15-7-5-2/h7,15H,4-6,8-14,16-18H2,1-3H3. The normalized spacial score (nSPS) is 11.8. The predicted molar refractivity (Wildman–Crippen MR) is 88.8 cm³/mol. The average molecular weight is 268 g/mol. The van der Waals surface area contributed by atoms with Crippen molar-refractivity contribution in [1.82, 2.24) is 4.90 Å². The third kappa shape index (κ3) is 15.6. The Morgan fingerprint density at radius 2 is 1.21 bits per heavy atom. The molecular formula is C18H37N. The summed E-state index contributed by atoms with van der Waals surface area (Å²) in [6.07, 6.45) is 20.0. The van der Waals surface area contributed by atoms with Gasteiger partial charge in [-0.15, -0.1) is 0 Å². The minimum absolute atomic E-state index is 1.12. The first-order chi connectivity index (χ1) is 9.31. The number of nitrogens with zero attached hydrogens (tertiary/aromatic N) is 1. The molecule has 0 saturated heterocycles. The van der Waals surface area contributed by atoms with E-state index in [1.807, 2.05) is 0 Å². The van der Waals surface area contributed by atoms with Crippen LogP contribution in [0.1, 0.15) is 84.5 Å². The number of hydrogen-bond acceptors (Lipinski definition) is 1. The van der Waals surface area contributed by atoms with Gasteiger partial charge in [0.05, 0.1) is 0 Å². The van der Waals surface area contributed by atoms with Gasteiger partial charge in [0.15, 0.2) is 0 Å². The molecule has 1 nitrogen and oxygen atoms in total. The van der Waals surface area contributed by atoms with Crippen molar-refractivity contribution >= 4 is 0 Å². The highest BCUT2D eigenvalue weighted by Gasteiger charge is 1.96. The van der Waals surface area contributed by atoms with Gasteiger partial charge in [-0.2, -0.15) is 0 Å². The minimum Gasteiger partial charge on any atom is -0.303 e. The number of rotatable bonds is 14. The zero-order chi connectivity index (χ0) is 14.2. The quantitative estimate of drug-likeness (QED) is 0.284. The van der Waals surface area contributed by atoms with Crippen LogP contribution in [0.2, 0.25) is 0 Å². The van der Waals surface area contributed by atoms with Crippen LogP contribution in [0.15, 0.2) is 12.2 Å². The van der Waals surface area contributed by atoms with Crippen molar-refractivity contribution in [1.29, 1.82) is 0 Å². The predicted octanol–water partition coefficient (Wildman–Crippen LogP) is 5.81. The summed E-state index contributed by atoms with van der Waals surface area (Å²) in [6.45, 7) is 6.85. The summed E-state index contributed by atoms with van der Waals surface area (Å²) < 4.78 is 0. The van der Waals surface area contributed by atoms with Crippen LogP contribution in [0.5, 0.6) is 0 Å². The van der Waals surface area contributed by atoms with Crippen LogP contribution < -0.4 is 0 Å². The lowest BCUT2D eigenvalue weighted by molar-refractivity contribution is 0.355. The third-order valence-electron chi connectivity index (χ3n) is 3.71. The van der Waals surface area contributed by atoms with Gasteiger partial charge in [-0.3, -0.25) is 0 Å². The van der Waals surface area contributed by atoms with E-state index >= 15 is 0 Å². The SMILES string of the molecule is CCC=CCN(C)CCCCCCCCCCCC. The molecule has 1 heteroatoms. The van der Waals surface area contributed by atoms with Crippen LogP contribution in [0.3, 0.4) is 0 Å². The second kappa shape index (κ2) is 15.8. The van der Waals surface area contributed by atoms with Crippen LogP contribution >= 0.6 is 0 Å². The molecule has 0 aliphatic heterocycles. The highest BCUT2D eigenvalue weighted by molar-refractivity contribution is 4.82. The van der Waals surface area contributed by atoms with Gasteiger partial charge in [0.25, 0.3) is 0 Å². The van der Waals surface area contributed by atoms with E-state index < -0.39 is 0 Å². The Balaban J connectivity index is 3.11. The van der Waals surface area contributed by atoms with Crippen molar-refractivity contribution in [2.75, 3.05) is 20.1 Å². The lowest BCUT2D eigenvalue weighted by atomic mass is 10.1. The van der Waals surface area contributed by atoms with Gasteiger partial charge in [-0.1, -0.05) is 83.8 Å². The van der Waals surface area contributed by atoms with E-state index in [0.29, 0.717) is 0 Å². The smallest absolute Gasteiger partial charge is 0.0160 e. The number of unbranched alkanes of at least 4 members (excludes halogenated alkanes) is 9. The molecule has 0 bridgehead atoms. The first-order valence-corrected chi connectivity index (χ1v) is 8.64. The molecule has 0 unspecified atom stereocenters. The van der Waals surface area contributed by atoms with E-state index in [-0.39, 0.29) is 0 Å². The van der Waals surface area contributed by atoms with Crippen LogP contribution in [0.4, 0.5) is 0 Å². The molecule has 0 aliphatic rings. The second-order valence-corrected chi connectivity index (χ2v) is 5.82. The molecule has 0 aromatic heterocycles. The summed E-state index contributed by atoms with van der Waals surface area (Å²) in [5.41, 5.74) is 0. The number of likely N-dealkylation sites (N-methyl/N-ethyl adjacent to an activating group) is 1. The second-order valence-electron chi connectivity index (χ2n) is 5.82. The molecule has 0 fully saturated rings. The van der Waals surface area contributed by atoms with Crippen molar-refractivity contribution in [2.24, 2.45) is 0 Å². The van der Waals surface area contributed by atoms with E-state index in [1.54, 1.807) is 0 Å². The van der Waals surface area contributed by atoms with Gasteiger partial charge >= 0.3 is 0 Å². The van der Waals surface area contributed by atoms with Crippen LogP contribution in [-0.4, -0.2) is 25.0 Å². The summed E-state index contributed by atoms with van der Waals surface area (Å²) >= 11 is 0. The largest absolute Gasteiger partial charge is 0.303 e. The molecular weight excluding hydrogens is 230 g/mol. The molecule has 0 radical (unpaired) electrons. The lowest BCUT2D eigenvalue weighted by Crippen LogP contribution is -2.19. The molecule has 0 aromatic carbocycles. The molecule has 0 spiro atoms. The van der Waals surface area contributed by atoms with Crippen molar-refractivity contribution in [2.45, 2.75) is 84.5 Å². The molecule has 114 valence electrons. The van der Waals surface area contributed by atoms with Gasteiger partial charge in [0.1, 0.15) is 0 Å². The van der Waals surface area contributed by atoms with Gasteiger partial charge in [-0.05, 0) is 26.4 Å². The van der Waals surface area contributed by atoms with Crippen LogP contribution in [0.25, 0.3) is 0 Å². The molecule has 19 heavy (non-hydrogen) atoms. The molecule has 0 atom stereocenters. The Hall–Kier alpha value is -0.300. The van der Waals surface area contributed by atoms with Crippen molar-refractivity contribution in [3.63, 3.8) is 0 Å². The summed E-state index contributed by atoms with van der Waals surface area (Å²) in [7, 11) is 2.23. The zero-order valence-electron chi connectivity index (χ0n) is 13.8. The number of hydrogen-bond donors (Lipinski definition) is 0. The Bertz CT molecular complexity index is 186. The zero-order valence-corrected chi connectivity index (χ0v) is 13.8. The maximum Gasteiger partial charge on any atom is 0.0160 e. The van der Waals surface area contributed by atoms with Crippen molar-refractivity contribution in [3.05, 3.63) is 12.2 Å². The van der Waals surface area contributed by atoms with E-state index in [2.05, 4.69) is 37.9 Å². The van der Waals surface area contributed by atoms with Crippen LogP contribution in [0, 0.1) is 0 Å². The molecule has 0 aromatic rings. The first-order valence-electron chi connectivity index (χ1n) is 8.64. The summed E-state index contributed by atoms with van der Waals surface area (Å²) in [5, 5.41) is 0. The molecule has 0 N–H and O–H groups in total. The maximum atomic E-state index is 2.43. The molecule has 0 aliphatic carbocycles. The average Bonchev–Trinajstić information content (AvgIpc) is 2.41. The fourth-order valence-corrected chi connectivity index (χ4v) is 2.38. The molecule has 0 amide bonds. The monoisotopic (exact) mass is 267 g/mol. The fourth-order valence-electron chi connectivity index (χ4n) is 2.38. The van der Waals surface area contributed by atoms with E-state index in [1.165, 1.54) is 70.8 Å². The topological polar surface area (TPSA) is 3.24 Å². The van der Waals surface area contributed by atoms with Crippen molar-refractivity contribution in [3.8, 4) is 0 Å². The van der Waals surface area contributed by atoms with E-state index in [4.69, 9.17) is 0 Å². The van der Waals surface area contributed by atoms with Crippen LogP contribution in [-0.2, 0) is 0 Å². The van der Waals surface area contributed by atoms with E-state index in [9.17, 15) is 0 Å². The van der Waals surface area contributed by atoms with Gasteiger partial charge in [0, 0.05) is 6.54 Å². The van der Waals surface area contributed by atoms with Gasteiger partial charge < -0.3 is 4.90 Å². The highest BCUT2D eigenvalue weighted by atomic mass is 15.1. The van der Waals surface area contributed by atoms with Gasteiger partial charge in [-0.25, -0.2) is 0 Å². The Labute approximate surface area is 122 Å². The lowest BCUT2D eigenvalue weighted by Gasteiger charge is -2.13. The molecule has 0 heterocycles. The third-order valence-corrected chi connectivity index (χ3v) is 3.71. The summed E-state index contributed by atoms with van der Waals surface area (Å²) in [5.74, 6) is 0. The number of allylic oxidation sites excluding steroid dienone is 1. The summed E-state index contributed by atoms with van der Waals surface area (Å²) in [4.78, 5) is 2.43. The van der Waals surface area contributed by atoms with Crippen molar-refractivity contribution < 1.29 is 0 Å². The summed E-state index contributed by atoms with van der Waals surface area (Å²) in [6, 6.07) is 0. The Morgan fingerprint density at radius 1 is 0.684 bits per heavy atom. The molecule has 0 saturated carbocycles. The maximum absolute atomic E-state index is 2.43. The van der Waals surface area contributed by atoms with E-state index in [0.717, 1.165) is 13.0 Å². The fraction of sp³-hybridized carbons (Fsp3) is 0.889. The first kappa shape index (κ1) is 18.7. The Kier molecular flexibility index (Phi) is 15.5. The highest BCUT2D eigenvalue weighted by Crippen LogP contribution is 2.10. The molecule has 0 rings (SSSR count). The van der Waals surface area contributed by atoms with Gasteiger partial charge in [0.2, 0.25) is 0 Å². The minimum atomic E-state index is 1.12.